The quantitative estimate of drug-likeness (QED) is 0.592. The van der Waals surface area contributed by atoms with E-state index in [2.05, 4.69) is 35.3 Å². The average molecular weight is 341 g/mol. The number of rotatable bonds is 4. The number of imidazole rings is 1. The minimum atomic E-state index is 0.519. The van der Waals surface area contributed by atoms with Crippen LogP contribution in [0.15, 0.2) is 37.2 Å². The summed E-state index contributed by atoms with van der Waals surface area (Å²) in [5.74, 6) is 1.41. The van der Waals surface area contributed by atoms with Crippen molar-refractivity contribution in [3.63, 3.8) is 0 Å². The number of fused-ring (bicyclic) bond motifs is 1. The van der Waals surface area contributed by atoms with Crippen LogP contribution in [0.4, 0.5) is 5.82 Å². The van der Waals surface area contributed by atoms with Gasteiger partial charge in [-0.05, 0) is 13.0 Å². The van der Waals surface area contributed by atoms with Crippen LogP contribution >= 0.6 is 11.6 Å². The van der Waals surface area contributed by atoms with E-state index in [1.165, 1.54) is 6.33 Å². The smallest absolute Gasteiger partial charge is 0.182 e. The number of hydrogen-bond donors (Lipinski definition) is 2. The predicted octanol–water partition coefficient (Wildman–Crippen LogP) is 2.51. The lowest BCUT2D eigenvalue weighted by Crippen LogP contribution is -2.09. The van der Waals surface area contributed by atoms with Crippen LogP contribution < -0.4 is 5.32 Å². The van der Waals surface area contributed by atoms with Crippen LogP contribution in [0.5, 0.6) is 0 Å². The SMILES string of the molecule is Cc1ccc(CNc2ncnc3nc[nH]c23)c(-n2cc(Cl)cn2)n1. The molecule has 0 amide bonds. The van der Waals surface area contributed by atoms with Crippen molar-refractivity contribution in [3.8, 4) is 5.82 Å². The number of aromatic nitrogens is 7. The summed E-state index contributed by atoms with van der Waals surface area (Å²) in [6.07, 6.45) is 6.38. The minimum Gasteiger partial charge on any atom is -0.364 e. The number of halogens is 1. The zero-order chi connectivity index (χ0) is 16.5. The second-order valence-corrected chi connectivity index (χ2v) is 5.65. The Morgan fingerprint density at radius 3 is 3.00 bits per heavy atom. The lowest BCUT2D eigenvalue weighted by atomic mass is 10.2. The second-order valence-electron chi connectivity index (χ2n) is 5.22. The average Bonchev–Trinajstić information content (AvgIpc) is 3.22. The van der Waals surface area contributed by atoms with Crippen LogP contribution in [0.3, 0.4) is 0 Å². The Morgan fingerprint density at radius 2 is 2.17 bits per heavy atom. The fourth-order valence-electron chi connectivity index (χ4n) is 2.40. The maximum absolute atomic E-state index is 5.97. The van der Waals surface area contributed by atoms with E-state index in [9.17, 15) is 0 Å². The molecule has 0 aromatic carbocycles. The Bertz CT molecular complexity index is 1010. The zero-order valence-electron chi connectivity index (χ0n) is 12.7. The topological polar surface area (TPSA) is 97.2 Å². The fraction of sp³-hybridized carbons (Fsp3) is 0.133. The first-order valence-electron chi connectivity index (χ1n) is 7.26. The molecule has 0 unspecified atom stereocenters. The molecule has 0 radical (unpaired) electrons. The molecule has 9 heteroatoms. The molecular weight excluding hydrogens is 328 g/mol. The van der Waals surface area contributed by atoms with Gasteiger partial charge in [-0.15, -0.1) is 0 Å². The minimum absolute atomic E-state index is 0.519. The predicted molar refractivity (Wildman–Crippen MR) is 90.1 cm³/mol. The molecule has 0 spiro atoms. The summed E-state index contributed by atoms with van der Waals surface area (Å²) in [4.78, 5) is 20.1. The van der Waals surface area contributed by atoms with Crippen molar-refractivity contribution in [2.24, 2.45) is 0 Å². The Hall–Kier alpha value is -3.00. The van der Waals surface area contributed by atoms with Gasteiger partial charge in [0, 0.05) is 17.8 Å². The van der Waals surface area contributed by atoms with Crippen molar-refractivity contribution in [2.75, 3.05) is 5.32 Å². The van der Waals surface area contributed by atoms with E-state index >= 15 is 0 Å². The van der Waals surface area contributed by atoms with Crippen LogP contribution in [0.25, 0.3) is 17.0 Å². The van der Waals surface area contributed by atoms with Gasteiger partial charge in [0.1, 0.15) is 11.8 Å². The van der Waals surface area contributed by atoms with Crippen molar-refractivity contribution < 1.29 is 0 Å². The van der Waals surface area contributed by atoms with E-state index in [0.29, 0.717) is 23.0 Å². The number of aromatic amines is 1. The van der Waals surface area contributed by atoms with Crippen LogP contribution in [0, 0.1) is 6.92 Å². The molecule has 2 N–H and O–H groups in total. The molecule has 0 saturated heterocycles. The molecule has 0 atom stereocenters. The number of anilines is 1. The third-order valence-corrected chi connectivity index (χ3v) is 3.73. The molecule has 0 fully saturated rings. The highest BCUT2D eigenvalue weighted by Gasteiger charge is 2.11. The van der Waals surface area contributed by atoms with Gasteiger partial charge < -0.3 is 10.3 Å². The van der Waals surface area contributed by atoms with Crippen molar-refractivity contribution in [1.29, 1.82) is 0 Å². The van der Waals surface area contributed by atoms with Gasteiger partial charge in [-0.3, -0.25) is 0 Å². The number of hydrogen-bond acceptors (Lipinski definition) is 6. The largest absolute Gasteiger partial charge is 0.364 e. The molecule has 24 heavy (non-hydrogen) atoms. The van der Waals surface area contributed by atoms with Crippen molar-refractivity contribution in [1.82, 2.24) is 34.7 Å². The summed E-state index contributed by atoms with van der Waals surface area (Å²) in [5.41, 5.74) is 3.25. The molecule has 0 saturated carbocycles. The standard InChI is InChI=1S/C15H13ClN8/c1-9-2-3-10(15(23-9)24-6-11(16)5-22-24)4-17-13-12-14(19-7-18-12)21-8-20-13/h2-3,5-8H,4H2,1H3,(H2,17,18,19,20,21). The van der Waals surface area contributed by atoms with Crippen LogP contribution in [-0.4, -0.2) is 34.7 Å². The normalized spacial score (nSPS) is 11.1. The number of aryl methyl sites for hydroxylation is 1. The first-order valence-corrected chi connectivity index (χ1v) is 7.63. The highest BCUT2D eigenvalue weighted by atomic mass is 35.5. The van der Waals surface area contributed by atoms with E-state index in [0.717, 1.165) is 22.6 Å². The van der Waals surface area contributed by atoms with Crippen molar-refractivity contribution >= 4 is 28.6 Å². The van der Waals surface area contributed by atoms with E-state index in [1.54, 1.807) is 23.4 Å². The van der Waals surface area contributed by atoms with E-state index in [4.69, 9.17) is 11.6 Å². The Balaban J connectivity index is 1.66. The lowest BCUT2D eigenvalue weighted by Gasteiger charge is -2.11. The zero-order valence-corrected chi connectivity index (χ0v) is 13.5. The van der Waals surface area contributed by atoms with Gasteiger partial charge in [0.05, 0.1) is 23.7 Å². The van der Waals surface area contributed by atoms with Gasteiger partial charge in [0.15, 0.2) is 17.3 Å². The maximum Gasteiger partial charge on any atom is 0.182 e. The molecular formula is C15H13ClN8. The number of nitrogens with zero attached hydrogens (tertiary/aromatic N) is 6. The first-order chi connectivity index (χ1) is 11.7. The maximum atomic E-state index is 5.97. The van der Waals surface area contributed by atoms with Gasteiger partial charge >= 0.3 is 0 Å². The van der Waals surface area contributed by atoms with Gasteiger partial charge in [-0.2, -0.15) is 5.10 Å². The van der Waals surface area contributed by atoms with Crippen LogP contribution in [0.1, 0.15) is 11.3 Å². The van der Waals surface area contributed by atoms with Crippen LogP contribution in [0.2, 0.25) is 5.02 Å². The summed E-state index contributed by atoms with van der Waals surface area (Å²) < 4.78 is 1.66. The monoisotopic (exact) mass is 340 g/mol. The Kier molecular flexibility index (Phi) is 3.58. The summed E-state index contributed by atoms with van der Waals surface area (Å²) in [7, 11) is 0. The molecule has 120 valence electrons. The number of pyridine rings is 1. The van der Waals surface area contributed by atoms with E-state index in [-0.39, 0.29) is 0 Å². The molecule has 8 nitrogen and oxygen atoms in total. The lowest BCUT2D eigenvalue weighted by molar-refractivity contribution is 0.822. The molecule has 4 aromatic rings. The molecule has 0 aliphatic heterocycles. The highest BCUT2D eigenvalue weighted by Crippen LogP contribution is 2.19. The van der Waals surface area contributed by atoms with Gasteiger partial charge in [0.25, 0.3) is 0 Å². The molecule has 4 aromatic heterocycles. The fourth-order valence-corrected chi connectivity index (χ4v) is 2.54. The van der Waals surface area contributed by atoms with Gasteiger partial charge in [0.2, 0.25) is 0 Å². The molecule has 0 aliphatic carbocycles. The second kappa shape index (κ2) is 5.89. The third kappa shape index (κ3) is 2.67. The summed E-state index contributed by atoms with van der Waals surface area (Å²) in [6, 6.07) is 3.96. The Morgan fingerprint density at radius 1 is 1.25 bits per heavy atom. The molecule has 4 rings (SSSR count). The summed E-state index contributed by atoms with van der Waals surface area (Å²) in [6.45, 7) is 2.45. The molecule has 4 heterocycles. The number of H-pyrrole nitrogens is 1. The number of nitrogens with one attached hydrogen (secondary N) is 2. The van der Waals surface area contributed by atoms with Crippen LogP contribution in [-0.2, 0) is 6.54 Å². The molecule has 0 aliphatic rings. The highest BCUT2D eigenvalue weighted by molar-refractivity contribution is 6.30. The van der Waals surface area contributed by atoms with Gasteiger partial charge in [-0.1, -0.05) is 17.7 Å². The first kappa shape index (κ1) is 14.6. The summed E-state index contributed by atoms with van der Waals surface area (Å²) >= 11 is 5.97. The van der Waals surface area contributed by atoms with E-state index < -0.39 is 0 Å². The molecule has 0 bridgehead atoms. The van der Waals surface area contributed by atoms with Crippen molar-refractivity contribution in [3.05, 3.63) is 53.5 Å². The van der Waals surface area contributed by atoms with E-state index in [1.807, 2.05) is 19.1 Å². The third-order valence-electron chi connectivity index (χ3n) is 3.53. The summed E-state index contributed by atoms with van der Waals surface area (Å²) in [5, 5.41) is 8.09. The van der Waals surface area contributed by atoms with Crippen molar-refractivity contribution in [2.45, 2.75) is 13.5 Å². The van der Waals surface area contributed by atoms with Gasteiger partial charge in [-0.25, -0.2) is 24.6 Å². The Labute approximate surface area is 142 Å².